The molecule has 0 N–H and O–H groups in total. The third-order valence-corrected chi connectivity index (χ3v) is 23.1. The standard InChI is InChI=1S/C76H72N4.2C7H8O3S/c1-73(2)67(79(7)65-47-45-57-29-15-17-31-59(57)71(65)73)37-23-39-69-75(49-53-25-11-9-12-26-53,61-33-19-21-35-63(61)77(69)5)51-55-41-43-56(44-42-55)52-76(50-54-27-13-10-14-28-54)62-34-20-22-36-64(62)78(6)70(76)40-24-38-68-74(3,4)72-60-32-18-16-30-58(60)46-48-66(72)80(68)8;2*1-6-2-4-7(5-3-6)11(8,9)10/h9-48H,49-52H2,1-8H3;2*2-5H,1H3,(H,8,9,10)/q+2;;/p-2. The van der Waals surface area contributed by atoms with Crippen LogP contribution in [0.15, 0.2) is 312 Å². The molecule has 0 fully saturated rings. The van der Waals surface area contributed by atoms with Crippen LogP contribution < -0.4 is 9.80 Å². The Labute approximate surface area is 602 Å². The van der Waals surface area contributed by atoms with Crippen molar-refractivity contribution >= 4 is 76.0 Å². The molecule has 11 aromatic rings. The van der Waals surface area contributed by atoms with Crippen LogP contribution in [-0.4, -0.2) is 74.7 Å². The number of allylic oxidation sites excluding steroid dienone is 8. The largest absolute Gasteiger partial charge is 0.744 e. The Kier molecular flexibility index (Phi) is 19.2. The van der Waals surface area contributed by atoms with E-state index in [4.69, 9.17) is 0 Å². The van der Waals surface area contributed by atoms with Crippen LogP contribution in [0.5, 0.6) is 0 Å². The van der Waals surface area contributed by atoms with Gasteiger partial charge >= 0.3 is 0 Å². The van der Waals surface area contributed by atoms with Crippen LogP contribution in [0.2, 0.25) is 0 Å². The molecule has 0 aromatic heterocycles. The molecule has 0 radical (unpaired) electrons. The topological polar surface area (TPSA) is 127 Å². The molecule has 11 aromatic carbocycles. The van der Waals surface area contributed by atoms with Crippen molar-refractivity contribution in [1.29, 1.82) is 0 Å². The summed E-state index contributed by atoms with van der Waals surface area (Å²) in [6.45, 7) is 13.2. The minimum absolute atomic E-state index is 0.178. The van der Waals surface area contributed by atoms with E-state index >= 15 is 0 Å². The van der Waals surface area contributed by atoms with Crippen LogP contribution in [-0.2, 0) is 67.6 Å². The fourth-order valence-corrected chi connectivity index (χ4v) is 17.5. The van der Waals surface area contributed by atoms with Gasteiger partial charge in [-0.2, -0.15) is 9.15 Å². The summed E-state index contributed by atoms with van der Waals surface area (Å²) in [4.78, 5) is 4.57. The SMILES string of the molecule is CN1C(=CC=CC2=[N+](C)c3ccc4ccccc4c3C2(C)C)C(Cc2ccccc2)(Cc2ccc(CC3(Cc4ccccc4)C(=CC=CC4=[N+](C)c5ccc6ccccc6c5C4(C)C)N(C)c4ccccc43)cc2)c2ccccc21.Cc1ccc(S(=O)(=O)[O-])cc1.Cc1ccc(S(=O)(=O)[O-])cc1. The van der Waals surface area contributed by atoms with E-state index in [0.717, 1.165) is 36.8 Å². The Morgan fingerprint density at radius 3 is 1.05 bits per heavy atom. The lowest BCUT2D eigenvalue weighted by Crippen LogP contribution is -2.35. The first-order valence-electron chi connectivity index (χ1n) is 34.7. The lowest BCUT2D eigenvalue weighted by atomic mass is 9.69. The highest BCUT2D eigenvalue weighted by Crippen LogP contribution is 2.54. The van der Waals surface area contributed by atoms with Crippen LogP contribution in [0.4, 0.5) is 22.7 Å². The highest BCUT2D eigenvalue weighted by atomic mass is 32.2. The van der Waals surface area contributed by atoms with Crippen molar-refractivity contribution in [2.75, 3.05) is 38.0 Å². The summed E-state index contributed by atoms with van der Waals surface area (Å²) >= 11 is 0. The average Bonchev–Trinajstić information content (AvgIpc) is 1.59. The Bertz CT molecular complexity index is 5120. The van der Waals surface area contributed by atoms with E-state index in [-0.39, 0.29) is 31.5 Å². The average molecular weight is 1380 g/mol. The second-order valence-electron chi connectivity index (χ2n) is 28.7. The number of rotatable bonds is 14. The monoisotopic (exact) mass is 1380 g/mol. The molecule has 0 aliphatic carbocycles. The molecule has 15 rings (SSSR count). The molecule has 514 valence electrons. The first-order valence-corrected chi connectivity index (χ1v) is 37.5. The van der Waals surface area contributed by atoms with E-state index in [1.54, 1.807) is 24.3 Å². The predicted molar refractivity (Wildman–Crippen MR) is 416 cm³/mol. The highest BCUT2D eigenvalue weighted by Gasteiger charge is 2.49. The van der Waals surface area contributed by atoms with Gasteiger partial charge in [0.15, 0.2) is 11.4 Å². The lowest BCUT2D eigenvalue weighted by Gasteiger charge is -2.34. The van der Waals surface area contributed by atoms with Gasteiger partial charge in [-0.15, -0.1) is 0 Å². The second kappa shape index (κ2) is 27.9. The van der Waals surface area contributed by atoms with Gasteiger partial charge < -0.3 is 18.9 Å². The van der Waals surface area contributed by atoms with E-state index < -0.39 is 20.2 Å². The number of nitrogens with zero attached hydrogens (tertiary/aromatic N) is 4. The Morgan fingerprint density at radius 2 is 0.696 bits per heavy atom. The molecule has 0 saturated carbocycles. The van der Waals surface area contributed by atoms with Crippen molar-refractivity contribution in [3.05, 3.63) is 358 Å². The number of para-hydroxylation sites is 2. The van der Waals surface area contributed by atoms with Gasteiger partial charge in [-0.05, 0) is 183 Å². The number of hydrogen-bond donors (Lipinski definition) is 0. The molecule has 0 bridgehead atoms. The second-order valence-corrected chi connectivity index (χ2v) is 31.4. The molecule has 12 heteroatoms. The number of likely N-dealkylation sites (N-methyl/N-ethyl adjacent to an activating group) is 2. The van der Waals surface area contributed by atoms with Crippen molar-refractivity contribution in [1.82, 2.24) is 0 Å². The minimum atomic E-state index is -4.27. The van der Waals surface area contributed by atoms with E-state index in [9.17, 15) is 25.9 Å². The van der Waals surface area contributed by atoms with Crippen LogP contribution in [0.25, 0.3) is 21.5 Å². The van der Waals surface area contributed by atoms with Crippen LogP contribution in [0.3, 0.4) is 0 Å². The zero-order valence-corrected chi connectivity index (χ0v) is 61.2. The lowest BCUT2D eigenvalue weighted by molar-refractivity contribution is -0.401. The molecule has 0 amide bonds. The van der Waals surface area contributed by atoms with Crippen molar-refractivity contribution in [2.45, 2.75) is 98.7 Å². The molecule has 0 spiro atoms. The number of hydrogen-bond acceptors (Lipinski definition) is 8. The fraction of sp³-hybridized carbons (Fsp3) is 0.200. The Hall–Kier alpha value is -10.3. The van der Waals surface area contributed by atoms with Crippen LogP contribution in [0, 0.1) is 13.8 Å². The molecule has 10 nitrogen and oxygen atoms in total. The number of aryl methyl sites for hydroxylation is 2. The molecule has 2 unspecified atom stereocenters. The van der Waals surface area contributed by atoms with E-state index in [1.807, 2.05) is 13.8 Å². The molecule has 102 heavy (non-hydrogen) atoms. The quantitative estimate of drug-likeness (QED) is 0.0778. The predicted octanol–water partition coefficient (Wildman–Crippen LogP) is 18.4. The smallest absolute Gasteiger partial charge is 0.210 e. The summed E-state index contributed by atoms with van der Waals surface area (Å²) in [7, 11) is 0.457. The maximum atomic E-state index is 10.4. The van der Waals surface area contributed by atoms with Crippen molar-refractivity contribution in [3.63, 3.8) is 0 Å². The minimum Gasteiger partial charge on any atom is -0.744 e. The third-order valence-electron chi connectivity index (χ3n) is 21.4. The normalized spacial score (nSPS) is 18.8. The molecular weight excluding hydrogens is 1300 g/mol. The number of fused-ring (bicyclic) bond motifs is 8. The van der Waals surface area contributed by atoms with Crippen LogP contribution in [0.1, 0.15) is 83.3 Å². The molecule has 4 aliphatic heterocycles. The van der Waals surface area contributed by atoms with Crippen molar-refractivity contribution < 1.29 is 35.1 Å². The zero-order valence-electron chi connectivity index (χ0n) is 59.6. The fourth-order valence-electron chi connectivity index (χ4n) is 16.5. The molecule has 0 saturated heterocycles. The van der Waals surface area contributed by atoms with Gasteiger partial charge in [0.25, 0.3) is 0 Å². The molecule has 2 atom stereocenters. The van der Waals surface area contributed by atoms with Gasteiger partial charge in [-0.1, -0.05) is 217 Å². The summed E-state index contributed by atoms with van der Waals surface area (Å²) in [6.07, 6.45) is 17.7. The summed E-state index contributed by atoms with van der Waals surface area (Å²) in [5, 5.41) is 5.23. The van der Waals surface area contributed by atoms with Crippen molar-refractivity contribution in [3.8, 4) is 0 Å². The highest BCUT2D eigenvalue weighted by molar-refractivity contribution is 7.86. The van der Waals surface area contributed by atoms with Gasteiger partial charge in [0.05, 0.1) is 20.6 Å². The third kappa shape index (κ3) is 13.4. The van der Waals surface area contributed by atoms with E-state index in [0.29, 0.717) is 0 Å². The van der Waals surface area contributed by atoms with Gasteiger partial charge in [-0.3, -0.25) is 0 Å². The Balaban J connectivity index is 0.000000360. The molecule has 4 heterocycles. The van der Waals surface area contributed by atoms with Gasteiger partial charge in [-0.25, -0.2) is 16.8 Å². The zero-order chi connectivity index (χ0) is 71.9. The van der Waals surface area contributed by atoms with Gasteiger partial charge in [0.2, 0.25) is 11.4 Å². The van der Waals surface area contributed by atoms with Gasteiger partial charge in [0.1, 0.15) is 34.3 Å². The summed E-state index contributed by atoms with van der Waals surface area (Å²) in [5.74, 6) is 0. The number of anilines is 2. The summed E-state index contributed by atoms with van der Waals surface area (Å²) in [5.41, 5.74) is 22.0. The molecule has 4 aliphatic rings. The maximum Gasteiger partial charge on any atom is 0.210 e. The number of benzene rings is 11. The molecular formula is C90H86N4O6S2. The van der Waals surface area contributed by atoms with E-state index in [2.05, 4.69) is 318 Å². The van der Waals surface area contributed by atoms with Gasteiger partial charge in [0, 0.05) is 83.1 Å². The van der Waals surface area contributed by atoms with Crippen LogP contribution >= 0.6 is 0 Å². The van der Waals surface area contributed by atoms with Crippen molar-refractivity contribution in [2.24, 2.45) is 0 Å². The summed E-state index contributed by atoms with van der Waals surface area (Å²) in [6, 6.07) is 88.6. The first kappa shape index (κ1) is 70.1. The van der Waals surface area contributed by atoms with E-state index in [1.165, 1.54) is 136 Å². The Morgan fingerprint density at radius 1 is 0.382 bits per heavy atom. The first-order chi connectivity index (χ1) is 48.8. The summed E-state index contributed by atoms with van der Waals surface area (Å²) < 4.78 is 67.1. The maximum absolute atomic E-state index is 10.4.